The molecule has 1 atom stereocenters. The number of nitrogens with one attached hydrogen (secondary N) is 3. The molecule has 3 N–H and O–H groups in total. The van der Waals surface area contributed by atoms with Crippen LogP contribution in [0.5, 0.6) is 17.2 Å². The van der Waals surface area contributed by atoms with E-state index in [1.165, 1.54) is 13.3 Å². The monoisotopic (exact) mass is 820 g/mol. The first kappa shape index (κ1) is 33.9. The zero-order chi connectivity index (χ0) is 31.5. The number of benzene rings is 2. The highest BCUT2D eigenvalue weighted by Gasteiger charge is 2.32. The molecule has 2 aromatic rings. The molecule has 0 unspecified atom stereocenters. The number of hydrogen-bond acceptors (Lipinski definition) is 10. The van der Waals surface area contributed by atoms with Crippen molar-refractivity contribution in [2.45, 2.75) is 26.8 Å². The Balaban J connectivity index is 1.62. The number of hydrogen-bond donors (Lipinski definition) is 3. The van der Waals surface area contributed by atoms with Gasteiger partial charge in [-0.2, -0.15) is 5.10 Å². The van der Waals surface area contributed by atoms with Gasteiger partial charge in [-0.3, -0.25) is 4.79 Å². The fraction of sp³-hybridized carbons (Fsp3) is 0.321. The van der Waals surface area contributed by atoms with Crippen molar-refractivity contribution in [1.82, 2.24) is 16.1 Å². The molecule has 0 spiro atoms. The summed E-state index contributed by atoms with van der Waals surface area (Å²) in [5.74, 6) is -0.423. The first-order valence-electron chi connectivity index (χ1n) is 12.9. The fourth-order valence-corrected chi connectivity index (χ4v) is 6.01. The van der Waals surface area contributed by atoms with Gasteiger partial charge < -0.3 is 34.3 Å². The molecule has 0 bridgehead atoms. The number of hydrazone groups is 1. The number of carbonyl (C=O) groups excluding carboxylic acids is 4. The van der Waals surface area contributed by atoms with Gasteiger partial charge in [0, 0.05) is 5.70 Å². The maximum Gasteiger partial charge on any atom is 0.344 e. The van der Waals surface area contributed by atoms with Gasteiger partial charge in [-0.25, -0.2) is 19.8 Å². The van der Waals surface area contributed by atoms with Crippen LogP contribution in [-0.4, -0.2) is 63.6 Å². The second-order valence-electron chi connectivity index (χ2n) is 8.69. The van der Waals surface area contributed by atoms with Crippen molar-refractivity contribution in [3.63, 3.8) is 0 Å². The van der Waals surface area contributed by atoms with Gasteiger partial charge in [0.2, 0.25) is 0 Å². The third-order valence-electron chi connectivity index (χ3n) is 5.71. The average Bonchev–Trinajstić information content (AvgIpc) is 2.95. The summed E-state index contributed by atoms with van der Waals surface area (Å²) < 4.78 is 28.2. The molecule has 1 aliphatic heterocycles. The van der Waals surface area contributed by atoms with Gasteiger partial charge >= 0.3 is 18.0 Å². The predicted molar refractivity (Wildman–Crippen MR) is 172 cm³/mol. The molecule has 0 aliphatic carbocycles. The van der Waals surface area contributed by atoms with Gasteiger partial charge in [-0.1, -0.05) is 6.07 Å². The number of nitrogens with zero attached hydrogens (tertiary/aromatic N) is 1. The third kappa shape index (κ3) is 9.44. The molecule has 1 heterocycles. The molecular weight excluding hydrogens is 790 g/mol. The lowest BCUT2D eigenvalue weighted by atomic mass is 9.95. The van der Waals surface area contributed by atoms with Gasteiger partial charge in [-0.15, -0.1) is 0 Å². The number of rotatable bonds is 13. The van der Waals surface area contributed by atoms with Gasteiger partial charge in [0.05, 0.1) is 45.3 Å². The molecule has 13 nitrogen and oxygen atoms in total. The number of halogens is 2. The zero-order valence-corrected chi connectivity index (χ0v) is 28.1. The Morgan fingerprint density at radius 1 is 1.00 bits per heavy atom. The van der Waals surface area contributed by atoms with Crippen molar-refractivity contribution in [1.29, 1.82) is 0 Å². The molecule has 15 heteroatoms. The molecule has 0 aromatic heterocycles. The van der Waals surface area contributed by atoms with Crippen LogP contribution >= 0.6 is 45.2 Å². The first-order valence-corrected chi connectivity index (χ1v) is 15.1. The predicted octanol–water partition coefficient (Wildman–Crippen LogP) is 3.57. The third-order valence-corrected chi connectivity index (χ3v) is 7.31. The minimum Gasteiger partial charge on any atom is -0.493 e. The second-order valence-corrected chi connectivity index (χ2v) is 11.0. The smallest absolute Gasteiger partial charge is 0.344 e. The zero-order valence-electron chi connectivity index (χ0n) is 23.7. The Labute approximate surface area is 275 Å². The van der Waals surface area contributed by atoms with E-state index in [4.69, 9.17) is 23.7 Å². The van der Waals surface area contributed by atoms with Crippen LogP contribution in [0.15, 0.2) is 46.7 Å². The number of allylic oxidation sites excluding steroid dienone is 1. The van der Waals surface area contributed by atoms with Crippen LogP contribution in [0, 0.1) is 7.14 Å². The highest BCUT2D eigenvalue weighted by Crippen LogP contribution is 2.34. The van der Waals surface area contributed by atoms with Crippen molar-refractivity contribution in [3.05, 3.63) is 59.9 Å². The summed E-state index contributed by atoms with van der Waals surface area (Å²) in [5.41, 5.74) is 4.30. The standard InChI is InChI=1S/C28H30I2N4O9/c1-5-40-23(36)14-43-26-18(29)9-16(10-19(26)30)12-31-34-22(35)13-42-20-8-7-17(11-21(20)39-4)25-24(27(37)41-6-2)15(3)32-28(38)33-25/h7-12,25H,5-6,13-14H2,1-4H3,(H,34,35)(H2,32,33,38)/b31-12-/t25-/m1/s1. The summed E-state index contributed by atoms with van der Waals surface area (Å²) >= 11 is 4.17. The molecule has 3 rings (SSSR count). The lowest BCUT2D eigenvalue weighted by molar-refractivity contribution is -0.145. The van der Waals surface area contributed by atoms with Crippen molar-refractivity contribution in [2.24, 2.45) is 5.10 Å². The lowest BCUT2D eigenvalue weighted by Crippen LogP contribution is -2.45. The molecule has 0 radical (unpaired) electrons. The van der Waals surface area contributed by atoms with E-state index in [0.29, 0.717) is 22.6 Å². The fourth-order valence-electron chi connectivity index (χ4n) is 3.89. The van der Waals surface area contributed by atoms with E-state index in [2.05, 4.69) is 66.3 Å². The van der Waals surface area contributed by atoms with E-state index in [-0.39, 0.29) is 43.5 Å². The van der Waals surface area contributed by atoms with Crippen LogP contribution in [0.2, 0.25) is 0 Å². The average molecular weight is 820 g/mol. The summed E-state index contributed by atoms with van der Waals surface area (Å²) in [6.07, 6.45) is 1.47. The highest BCUT2D eigenvalue weighted by molar-refractivity contribution is 14.1. The quantitative estimate of drug-likeness (QED) is 0.119. The van der Waals surface area contributed by atoms with Crippen LogP contribution in [0.1, 0.15) is 37.9 Å². The van der Waals surface area contributed by atoms with Crippen LogP contribution in [0.4, 0.5) is 4.79 Å². The lowest BCUT2D eigenvalue weighted by Gasteiger charge is -2.28. The second kappa shape index (κ2) is 16.3. The van der Waals surface area contributed by atoms with Crippen molar-refractivity contribution in [3.8, 4) is 17.2 Å². The van der Waals surface area contributed by atoms with Crippen molar-refractivity contribution < 1.29 is 42.9 Å². The Morgan fingerprint density at radius 2 is 1.70 bits per heavy atom. The van der Waals surface area contributed by atoms with Gasteiger partial charge in [-0.05, 0) is 101 Å². The van der Waals surface area contributed by atoms with E-state index in [1.807, 2.05) is 0 Å². The number of urea groups is 1. The Hall–Kier alpha value is -3.61. The number of methoxy groups -OCH3 is 1. The van der Waals surface area contributed by atoms with Gasteiger partial charge in [0.15, 0.2) is 24.7 Å². The summed E-state index contributed by atoms with van der Waals surface area (Å²) in [4.78, 5) is 48.7. The van der Waals surface area contributed by atoms with Gasteiger partial charge in [0.1, 0.15) is 5.75 Å². The van der Waals surface area contributed by atoms with Crippen LogP contribution in [0.25, 0.3) is 0 Å². The molecule has 230 valence electrons. The number of ether oxygens (including phenoxy) is 5. The van der Waals surface area contributed by atoms with Crippen molar-refractivity contribution in [2.75, 3.05) is 33.5 Å². The molecule has 1 aliphatic rings. The Bertz CT molecular complexity index is 1420. The van der Waals surface area contributed by atoms with E-state index in [0.717, 1.165) is 7.14 Å². The molecule has 2 aromatic carbocycles. The van der Waals surface area contributed by atoms with Crippen LogP contribution in [0.3, 0.4) is 0 Å². The minimum atomic E-state index is -0.780. The summed E-state index contributed by atoms with van der Waals surface area (Å²) in [5, 5.41) is 9.29. The van der Waals surface area contributed by atoms with Crippen LogP contribution in [-0.2, 0) is 23.9 Å². The Morgan fingerprint density at radius 3 is 2.35 bits per heavy atom. The molecule has 0 saturated heterocycles. The maximum absolute atomic E-state index is 12.6. The molecular formula is C28H30I2N4O9. The topological polar surface area (TPSA) is 163 Å². The molecule has 0 fully saturated rings. The summed E-state index contributed by atoms with van der Waals surface area (Å²) in [6, 6.07) is 7.17. The first-order chi connectivity index (χ1) is 20.6. The normalized spacial score (nSPS) is 14.5. The largest absolute Gasteiger partial charge is 0.493 e. The number of amides is 3. The molecule has 3 amide bonds. The van der Waals surface area contributed by atoms with Gasteiger partial charge in [0.25, 0.3) is 5.91 Å². The highest BCUT2D eigenvalue weighted by atomic mass is 127. The maximum atomic E-state index is 12.6. The van der Waals surface area contributed by atoms with E-state index >= 15 is 0 Å². The molecule has 43 heavy (non-hydrogen) atoms. The minimum absolute atomic E-state index is 0.177. The summed E-state index contributed by atoms with van der Waals surface area (Å²) in [6.45, 7) is 4.93. The van der Waals surface area contributed by atoms with E-state index in [9.17, 15) is 19.2 Å². The number of carbonyl (C=O) groups is 4. The Kier molecular flexibility index (Phi) is 12.8. The van der Waals surface area contributed by atoms with E-state index < -0.39 is 29.9 Å². The number of esters is 2. The SMILES string of the molecule is CCOC(=O)COc1c(I)cc(/C=N\NC(=O)COc2ccc([C@H]3NC(=O)NC(C)=C3C(=O)OCC)cc2OC)cc1I. The van der Waals surface area contributed by atoms with E-state index in [1.54, 1.807) is 51.1 Å². The van der Waals surface area contributed by atoms with Crippen LogP contribution < -0.4 is 30.3 Å². The van der Waals surface area contributed by atoms with Crippen molar-refractivity contribution >= 4 is 75.3 Å². The molecule has 0 saturated carbocycles. The summed E-state index contributed by atoms with van der Waals surface area (Å²) in [7, 11) is 1.43.